The molecule has 1 rings (SSSR count). The molecule has 0 amide bonds. The standard InChI is InChI=1S/C7H11NO2S2/c1-6-4-7(11-5-6)12(9,10)8(2)3/h4-5H,1-3H3. The van der Waals surface area contributed by atoms with E-state index in [2.05, 4.69) is 0 Å². The Hall–Kier alpha value is -0.390. The third kappa shape index (κ3) is 1.68. The Morgan fingerprint density at radius 1 is 1.42 bits per heavy atom. The highest BCUT2D eigenvalue weighted by molar-refractivity contribution is 7.91. The lowest BCUT2D eigenvalue weighted by atomic mass is 10.4. The third-order valence-electron chi connectivity index (χ3n) is 1.44. The van der Waals surface area contributed by atoms with E-state index in [1.807, 2.05) is 12.3 Å². The number of hydrogen-bond donors (Lipinski definition) is 0. The van der Waals surface area contributed by atoms with Crippen molar-refractivity contribution >= 4 is 21.4 Å². The lowest BCUT2D eigenvalue weighted by Crippen LogP contribution is -2.21. The van der Waals surface area contributed by atoms with Crippen LogP contribution < -0.4 is 0 Å². The molecule has 3 nitrogen and oxygen atoms in total. The third-order valence-corrected chi connectivity index (χ3v) is 4.79. The summed E-state index contributed by atoms with van der Waals surface area (Å²) < 4.78 is 24.6. The van der Waals surface area contributed by atoms with Crippen LogP contribution in [0.25, 0.3) is 0 Å². The van der Waals surface area contributed by atoms with E-state index in [1.54, 1.807) is 6.07 Å². The summed E-state index contributed by atoms with van der Waals surface area (Å²) in [4.78, 5) is 0. The van der Waals surface area contributed by atoms with Crippen LogP contribution in [0.2, 0.25) is 0 Å². The van der Waals surface area contributed by atoms with E-state index in [-0.39, 0.29) is 0 Å². The summed E-state index contributed by atoms with van der Waals surface area (Å²) >= 11 is 1.26. The monoisotopic (exact) mass is 205 g/mol. The molecule has 0 unspecified atom stereocenters. The molecule has 0 aromatic carbocycles. The van der Waals surface area contributed by atoms with Crippen LogP contribution >= 0.6 is 11.3 Å². The summed E-state index contributed by atoms with van der Waals surface area (Å²) in [5.41, 5.74) is 0.987. The molecule has 1 aromatic heterocycles. The van der Waals surface area contributed by atoms with Crippen molar-refractivity contribution in [3.8, 4) is 0 Å². The zero-order chi connectivity index (χ0) is 9.35. The summed E-state index contributed by atoms with van der Waals surface area (Å²) in [6, 6.07) is 1.68. The van der Waals surface area contributed by atoms with E-state index in [0.717, 1.165) is 5.56 Å². The molecule has 1 heterocycles. The van der Waals surface area contributed by atoms with E-state index < -0.39 is 10.0 Å². The van der Waals surface area contributed by atoms with Gasteiger partial charge in [0.05, 0.1) is 0 Å². The van der Waals surface area contributed by atoms with E-state index in [1.165, 1.54) is 29.7 Å². The molecular formula is C7H11NO2S2. The van der Waals surface area contributed by atoms with Gasteiger partial charge in [0.15, 0.2) is 0 Å². The summed E-state index contributed by atoms with van der Waals surface area (Å²) in [6.45, 7) is 1.88. The lowest BCUT2D eigenvalue weighted by Gasteiger charge is -2.07. The van der Waals surface area contributed by atoms with Gasteiger partial charge in [0.1, 0.15) is 4.21 Å². The molecule has 0 fully saturated rings. The molecule has 0 radical (unpaired) electrons. The van der Waals surface area contributed by atoms with Crippen LogP contribution in [0.15, 0.2) is 15.7 Å². The first-order valence-electron chi connectivity index (χ1n) is 3.42. The second-order valence-corrected chi connectivity index (χ2v) is 6.02. The molecule has 0 N–H and O–H groups in total. The van der Waals surface area contributed by atoms with Crippen LogP contribution in [-0.2, 0) is 10.0 Å². The normalized spacial score (nSPS) is 12.3. The van der Waals surface area contributed by atoms with Crippen molar-refractivity contribution in [1.29, 1.82) is 0 Å². The summed E-state index contributed by atoms with van der Waals surface area (Å²) in [6.07, 6.45) is 0. The Morgan fingerprint density at radius 2 is 2.00 bits per heavy atom. The minimum Gasteiger partial charge on any atom is -0.206 e. The minimum atomic E-state index is -3.20. The van der Waals surface area contributed by atoms with Crippen molar-refractivity contribution in [3.63, 3.8) is 0 Å². The van der Waals surface area contributed by atoms with Crippen LogP contribution in [0.5, 0.6) is 0 Å². The number of nitrogens with zero attached hydrogens (tertiary/aromatic N) is 1. The number of aryl methyl sites for hydroxylation is 1. The minimum absolute atomic E-state index is 0.407. The molecule has 0 spiro atoms. The van der Waals surface area contributed by atoms with Crippen molar-refractivity contribution in [1.82, 2.24) is 4.31 Å². The molecule has 68 valence electrons. The van der Waals surface area contributed by atoms with Crippen LogP contribution in [-0.4, -0.2) is 26.8 Å². The van der Waals surface area contributed by atoms with Crippen LogP contribution in [0.4, 0.5) is 0 Å². The average molecular weight is 205 g/mol. The van der Waals surface area contributed by atoms with Crippen molar-refractivity contribution in [2.45, 2.75) is 11.1 Å². The molecule has 0 aliphatic rings. The first-order chi connectivity index (χ1) is 5.44. The molecular weight excluding hydrogens is 194 g/mol. The molecule has 0 saturated carbocycles. The van der Waals surface area contributed by atoms with Crippen LogP contribution in [0, 0.1) is 6.92 Å². The fraction of sp³-hybridized carbons (Fsp3) is 0.429. The number of sulfonamides is 1. The fourth-order valence-electron chi connectivity index (χ4n) is 0.720. The lowest BCUT2D eigenvalue weighted by molar-refractivity contribution is 0.523. The van der Waals surface area contributed by atoms with Gasteiger partial charge in [-0.2, -0.15) is 0 Å². The van der Waals surface area contributed by atoms with Gasteiger partial charge >= 0.3 is 0 Å². The predicted octanol–water partition coefficient (Wildman–Crippen LogP) is 1.31. The maximum atomic E-state index is 11.5. The zero-order valence-corrected chi connectivity index (χ0v) is 8.87. The fourth-order valence-corrected chi connectivity index (χ4v) is 3.12. The largest absolute Gasteiger partial charge is 0.252 e. The second-order valence-electron chi connectivity index (χ2n) is 2.73. The van der Waals surface area contributed by atoms with E-state index in [4.69, 9.17) is 0 Å². The van der Waals surface area contributed by atoms with Gasteiger partial charge in [0, 0.05) is 14.1 Å². The van der Waals surface area contributed by atoms with Gasteiger partial charge in [-0.15, -0.1) is 11.3 Å². The van der Waals surface area contributed by atoms with Crippen molar-refractivity contribution < 1.29 is 8.42 Å². The van der Waals surface area contributed by atoms with Crippen LogP contribution in [0.1, 0.15) is 5.56 Å². The molecule has 0 bridgehead atoms. The Bertz CT molecular complexity index is 365. The smallest absolute Gasteiger partial charge is 0.206 e. The summed E-state index contributed by atoms with van der Waals surface area (Å²) in [5, 5.41) is 1.83. The van der Waals surface area contributed by atoms with Gasteiger partial charge in [0.25, 0.3) is 10.0 Å². The number of hydrogen-bond acceptors (Lipinski definition) is 3. The highest BCUT2D eigenvalue weighted by Gasteiger charge is 2.18. The van der Waals surface area contributed by atoms with Gasteiger partial charge in [-0.3, -0.25) is 0 Å². The first kappa shape index (κ1) is 9.70. The molecule has 0 atom stereocenters. The topological polar surface area (TPSA) is 37.4 Å². The molecule has 12 heavy (non-hydrogen) atoms. The molecule has 0 aliphatic heterocycles. The highest BCUT2D eigenvalue weighted by Crippen LogP contribution is 2.21. The van der Waals surface area contributed by atoms with Crippen molar-refractivity contribution in [2.75, 3.05) is 14.1 Å². The second kappa shape index (κ2) is 3.16. The highest BCUT2D eigenvalue weighted by atomic mass is 32.2. The molecule has 0 aliphatic carbocycles. The maximum Gasteiger partial charge on any atom is 0.252 e. The average Bonchev–Trinajstić information content (AvgIpc) is 2.35. The Kier molecular flexibility index (Phi) is 2.55. The number of thiophene rings is 1. The van der Waals surface area contributed by atoms with Gasteiger partial charge in [0.2, 0.25) is 0 Å². The SMILES string of the molecule is Cc1csc(S(=O)(=O)N(C)C)c1. The first-order valence-corrected chi connectivity index (χ1v) is 5.74. The predicted molar refractivity (Wildman–Crippen MR) is 49.9 cm³/mol. The van der Waals surface area contributed by atoms with E-state index in [9.17, 15) is 8.42 Å². The number of rotatable bonds is 2. The van der Waals surface area contributed by atoms with Crippen molar-refractivity contribution in [3.05, 3.63) is 17.0 Å². The van der Waals surface area contributed by atoms with Crippen LogP contribution in [0.3, 0.4) is 0 Å². The van der Waals surface area contributed by atoms with Gasteiger partial charge in [-0.1, -0.05) is 0 Å². The zero-order valence-electron chi connectivity index (χ0n) is 7.23. The van der Waals surface area contributed by atoms with E-state index >= 15 is 0 Å². The molecule has 5 heteroatoms. The Labute approximate surface area is 76.7 Å². The molecule has 1 aromatic rings. The Balaban J connectivity index is 3.15. The van der Waals surface area contributed by atoms with Crippen molar-refractivity contribution in [2.24, 2.45) is 0 Å². The van der Waals surface area contributed by atoms with Gasteiger partial charge in [-0.05, 0) is 23.9 Å². The van der Waals surface area contributed by atoms with Gasteiger partial charge in [-0.25, -0.2) is 12.7 Å². The van der Waals surface area contributed by atoms with Gasteiger partial charge < -0.3 is 0 Å². The molecule has 0 saturated heterocycles. The summed E-state index contributed by atoms with van der Waals surface area (Å²) in [7, 11) is -0.140. The summed E-state index contributed by atoms with van der Waals surface area (Å²) in [5.74, 6) is 0. The quantitative estimate of drug-likeness (QED) is 0.730. The Morgan fingerprint density at radius 3 is 2.33 bits per heavy atom. The maximum absolute atomic E-state index is 11.5. The van der Waals surface area contributed by atoms with E-state index in [0.29, 0.717) is 4.21 Å².